The van der Waals surface area contributed by atoms with Crippen molar-refractivity contribution < 1.29 is 11.6 Å². The van der Waals surface area contributed by atoms with Crippen LogP contribution in [0.5, 0.6) is 11.5 Å². The van der Waals surface area contributed by atoms with E-state index in [1.165, 1.54) is 16.6 Å². The zero-order valence-electron chi connectivity index (χ0n) is 46.5. The van der Waals surface area contributed by atoms with Crippen LogP contribution in [0.15, 0.2) is 230 Å². The molecule has 10 aromatic rings. The van der Waals surface area contributed by atoms with Crippen LogP contribution in [-0.2, 0) is 16.2 Å². The molecule has 0 radical (unpaired) electrons. The molecule has 0 atom stereocenters. The quantitative estimate of drug-likeness (QED) is 0.160. The number of rotatable bonds is 5. The lowest BCUT2D eigenvalue weighted by Crippen LogP contribution is -2.65. The van der Waals surface area contributed by atoms with E-state index < -0.39 is 11.5 Å². The van der Waals surface area contributed by atoms with Crippen LogP contribution < -0.4 is 26.0 Å². The van der Waals surface area contributed by atoms with Crippen molar-refractivity contribution in [1.82, 2.24) is 0 Å². The monoisotopic (exact) mass is 930 g/mol. The Kier molecular flexibility index (Phi) is 8.83. The van der Waals surface area contributed by atoms with Gasteiger partial charge < -0.3 is 9.64 Å². The van der Waals surface area contributed by atoms with Gasteiger partial charge in [-0.25, -0.2) is 0 Å². The van der Waals surface area contributed by atoms with Crippen molar-refractivity contribution in [1.29, 1.82) is 0 Å². The van der Waals surface area contributed by atoms with Gasteiger partial charge in [0.2, 0.25) is 6.71 Å². The third-order valence-electron chi connectivity index (χ3n) is 15.4. The molecule has 3 heteroatoms. The second kappa shape index (κ2) is 16.5. The van der Waals surface area contributed by atoms with Gasteiger partial charge in [-0.2, -0.15) is 0 Å². The van der Waals surface area contributed by atoms with E-state index >= 15 is 0 Å². The highest BCUT2D eigenvalue weighted by molar-refractivity contribution is 6.99. The first kappa shape index (κ1) is 38.6. The largest absolute Gasteiger partial charge is 0.457 e. The maximum Gasteiger partial charge on any atom is 0.247 e. The summed E-state index contributed by atoms with van der Waals surface area (Å²) in [6, 6.07) is 70.4. The molecule has 0 amide bonds. The molecule has 72 heavy (non-hydrogen) atoms. The molecule has 1 spiro atoms. The topological polar surface area (TPSA) is 12.5 Å². The molecule has 10 aromatic carbocycles. The zero-order valence-corrected chi connectivity index (χ0v) is 41.5. The molecular formula is C69H56BNO. The molecule has 3 aliphatic heterocycles. The van der Waals surface area contributed by atoms with Crippen molar-refractivity contribution in [3.63, 3.8) is 0 Å². The molecule has 2 nitrogen and oxygen atoms in total. The first-order valence-electron chi connectivity index (χ1n) is 27.6. The smallest absolute Gasteiger partial charge is 0.247 e. The molecule has 0 fully saturated rings. The lowest BCUT2D eigenvalue weighted by Gasteiger charge is -2.51. The first-order valence-corrected chi connectivity index (χ1v) is 25.1. The summed E-state index contributed by atoms with van der Waals surface area (Å²) in [5.74, 6) is 1.62. The highest BCUT2D eigenvalue weighted by atomic mass is 16.5. The number of hydrogen-bond donors (Lipinski definition) is 0. The summed E-state index contributed by atoms with van der Waals surface area (Å²) in [7, 11) is 0. The molecule has 0 aromatic heterocycles. The SMILES string of the molecule is [2H]c1c([2H])c([2H])c(-c2ccc3c(c2)N(c2c(-c4ccccc4)cc(C(C)(C)C)cc2-c2ccccc2)c2cc(C(C)(C)C)cc4c2B3c2cc(-c3ccccc3)ccc2C42c3ccccc3Oc3ccccc32)c([2H])c1[2H]. The average molecular weight is 931 g/mol. The Hall–Kier alpha value is -8.14. The molecule has 3 heterocycles. The van der Waals surface area contributed by atoms with Gasteiger partial charge in [0, 0.05) is 33.6 Å². The van der Waals surface area contributed by atoms with Gasteiger partial charge in [-0.3, -0.25) is 0 Å². The van der Waals surface area contributed by atoms with Crippen molar-refractivity contribution in [2.75, 3.05) is 4.90 Å². The van der Waals surface area contributed by atoms with Crippen molar-refractivity contribution >= 4 is 40.2 Å². The second-order valence-corrected chi connectivity index (χ2v) is 21.7. The maximum absolute atomic E-state index is 9.36. The number of para-hydroxylation sites is 2. The highest BCUT2D eigenvalue weighted by Crippen LogP contribution is 2.59. The van der Waals surface area contributed by atoms with E-state index in [9.17, 15) is 2.74 Å². The van der Waals surface area contributed by atoms with Crippen LogP contribution in [0.25, 0.3) is 44.5 Å². The van der Waals surface area contributed by atoms with E-state index in [2.05, 4.69) is 241 Å². The van der Waals surface area contributed by atoms with Gasteiger partial charge in [-0.15, -0.1) is 0 Å². The van der Waals surface area contributed by atoms with Crippen molar-refractivity contribution in [3.05, 3.63) is 264 Å². The van der Waals surface area contributed by atoms with Crippen molar-refractivity contribution in [3.8, 4) is 56.0 Å². The number of anilines is 3. The third kappa shape index (κ3) is 6.78. The van der Waals surface area contributed by atoms with E-state index in [0.717, 1.165) is 95.1 Å². The summed E-state index contributed by atoms with van der Waals surface area (Å²) in [6.45, 7) is 13.4. The highest BCUT2D eigenvalue weighted by Gasteiger charge is 2.55. The fourth-order valence-corrected chi connectivity index (χ4v) is 11.9. The number of fused-ring (bicyclic) bond motifs is 10. The van der Waals surface area contributed by atoms with Crippen LogP contribution >= 0.6 is 0 Å². The van der Waals surface area contributed by atoms with Gasteiger partial charge in [0.1, 0.15) is 11.5 Å². The van der Waals surface area contributed by atoms with Crippen molar-refractivity contribution in [2.45, 2.75) is 57.8 Å². The van der Waals surface area contributed by atoms with E-state index in [-0.39, 0.29) is 47.3 Å². The van der Waals surface area contributed by atoms with Crippen LogP contribution in [0.2, 0.25) is 0 Å². The lowest BCUT2D eigenvalue weighted by molar-refractivity contribution is 0.435. The molecule has 0 unspecified atom stereocenters. The normalized spacial score (nSPS) is 14.8. The van der Waals surface area contributed by atoms with Gasteiger partial charge in [-0.1, -0.05) is 241 Å². The summed E-state index contributed by atoms with van der Waals surface area (Å²) < 4.78 is 52.0. The van der Waals surface area contributed by atoms with Gasteiger partial charge in [0.25, 0.3) is 0 Å². The van der Waals surface area contributed by atoms with Gasteiger partial charge in [0.05, 0.1) is 18.0 Å². The Balaban J connectivity index is 1.26. The molecule has 0 aliphatic carbocycles. The summed E-state index contributed by atoms with van der Waals surface area (Å²) >= 11 is 0. The maximum atomic E-state index is 9.36. The minimum atomic E-state index is -0.852. The molecular weight excluding hydrogens is 870 g/mol. The van der Waals surface area contributed by atoms with Gasteiger partial charge >= 0.3 is 0 Å². The van der Waals surface area contributed by atoms with Gasteiger partial charge in [-0.05, 0) is 114 Å². The Morgan fingerprint density at radius 1 is 0.417 bits per heavy atom. The second-order valence-electron chi connectivity index (χ2n) is 21.7. The van der Waals surface area contributed by atoms with E-state index in [4.69, 9.17) is 8.85 Å². The van der Waals surface area contributed by atoms with E-state index in [0.29, 0.717) is 5.56 Å². The number of ether oxygens (including phenoxy) is 1. The summed E-state index contributed by atoms with van der Waals surface area (Å²) in [5, 5.41) is 0. The predicted molar refractivity (Wildman–Crippen MR) is 303 cm³/mol. The minimum absolute atomic E-state index is 0.160. The predicted octanol–water partition coefficient (Wildman–Crippen LogP) is 16.1. The van der Waals surface area contributed by atoms with E-state index in [1.54, 1.807) is 0 Å². The Labute approximate surface area is 432 Å². The summed E-state index contributed by atoms with van der Waals surface area (Å²) in [5.41, 5.74) is 18.7. The van der Waals surface area contributed by atoms with Crippen LogP contribution in [0.3, 0.4) is 0 Å². The fourth-order valence-electron chi connectivity index (χ4n) is 11.9. The molecule has 13 rings (SSSR count). The van der Waals surface area contributed by atoms with Crippen molar-refractivity contribution in [2.24, 2.45) is 0 Å². The van der Waals surface area contributed by atoms with Crippen LogP contribution in [0, 0.1) is 0 Å². The Morgan fingerprint density at radius 3 is 1.51 bits per heavy atom. The Morgan fingerprint density at radius 2 is 0.931 bits per heavy atom. The summed E-state index contributed by atoms with van der Waals surface area (Å²) in [6.07, 6.45) is 0. The minimum Gasteiger partial charge on any atom is -0.457 e. The summed E-state index contributed by atoms with van der Waals surface area (Å²) in [4.78, 5) is 2.48. The molecule has 3 aliphatic rings. The van der Waals surface area contributed by atoms with Crippen LogP contribution in [0.1, 0.15) is 81.8 Å². The van der Waals surface area contributed by atoms with Crippen LogP contribution in [0.4, 0.5) is 17.1 Å². The Bertz CT molecular complexity index is 3910. The third-order valence-corrected chi connectivity index (χ3v) is 15.4. The van der Waals surface area contributed by atoms with Gasteiger partial charge in [0.15, 0.2) is 0 Å². The molecule has 0 saturated heterocycles. The molecule has 346 valence electrons. The number of benzene rings is 10. The lowest BCUT2D eigenvalue weighted by atomic mass is 9.29. The fraction of sp³-hybridized carbons (Fsp3) is 0.130. The van der Waals surface area contributed by atoms with E-state index in [1.807, 2.05) is 6.07 Å². The average Bonchev–Trinajstić information content (AvgIpc) is 3.36. The molecule has 0 N–H and O–H groups in total. The molecule has 0 saturated carbocycles. The first-order chi connectivity index (χ1) is 37.0. The number of hydrogen-bond acceptors (Lipinski definition) is 2. The zero-order chi connectivity index (χ0) is 53.3. The van der Waals surface area contributed by atoms with Crippen LogP contribution in [-0.4, -0.2) is 6.71 Å². The number of nitrogens with zero attached hydrogens (tertiary/aromatic N) is 1. The standard InChI is InChI=1S/C69H56BNO/c1-67(2,3)51-41-53(47-27-15-9-16-28-47)66(54(42-51)48-29-17-10-18-30-48)71-61-40-50(46-25-13-8-14-26-46)36-38-59(61)70-60-39-49(45-23-11-7-12-24-45)35-37-55(60)69(58-43-52(68(4,5)6)44-62(71)65(58)70)56-31-19-21-33-63(56)72-64-34-22-20-32-57(64)69/h7-44H,1-6H3/i8D,13D,14D,25D,26D. The molecule has 0 bridgehead atoms.